The first-order chi connectivity index (χ1) is 25.0. The lowest BCUT2D eigenvalue weighted by Gasteiger charge is -2.27. The maximum absolute atomic E-state index is 6.38. The molecule has 12 heteroatoms. The molecule has 4 heterocycles. The molecule has 0 atom stereocenters. The third-order valence-electron chi connectivity index (χ3n) is 8.90. The summed E-state index contributed by atoms with van der Waals surface area (Å²) in [5.41, 5.74) is 5.35. The third-order valence-corrected chi connectivity index (χ3v) is 9.65. The van der Waals surface area contributed by atoms with E-state index in [1.165, 1.54) is 0 Å². The van der Waals surface area contributed by atoms with E-state index in [0.29, 0.717) is 72.2 Å². The maximum Gasteiger partial charge on any atom is 0.166 e. The summed E-state index contributed by atoms with van der Waals surface area (Å²) >= 11 is 19.1. The highest BCUT2D eigenvalue weighted by Gasteiger charge is 2.23. The number of ether oxygens (including phenoxy) is 3. The van der Waals surface area contributed by atoms with Gasteiger partial charge in [-0.2, -0.15) is 0 Å². The van der Waals surface area contributed by atoms with Crippen LogP contribution in [0, 0.1) is 0 Å². The Labute approximate surface area is 313 Å². The smallest absolute Gasteiger partial charge is 0.166 e. The van der Waals surface area contributed by atoms with Crippen molar-refractivity contribution in [1.29, 1.82) is 0 Å². The van der Waals surface area contributed by atoms with Crippen molar-refractivity contribution in [2.24, 2.45) is 0 Å². The van der Waals surface area contributed by atoms with Gasteiger partial charge in [0, 0.05) is 89.7 Å². The van der Waals surface area contributed by atoms with Gasteiger partial charge in [-0.1, -0.05) is 71.2 Å². The van der Waals surface area contributed by atoms with Crippen LogP contribution in [0.15, 0.2) is 91.4 Å². The average Bonchev–Trinajstić information content (AvgIpc) is 3.17. The SMILES string of the molecule is Clc1ccc(/C(=C\N2CCOCC2)c2nc(/C(=C/N3CCOCC3)c3ccc(Cl)cc3)nc(/C(=C/N3CCOCC3)c3ccc(Cl)cc3)n2)cc1. The quantitative estimate of drug-likeness (QED) is 0.180. The van der Waals surface area contributed by atoms with Crippen molar-refractivity contribution in [2.45, 2.75) is 0 Å². The van der Waals surface area contributed by atoms with Crippen LogP contribution in [0.5, 0.6) is 0 Å². The van der Waals surface area contributed by atoms with Crippen molar-refractivity contribution in [3.05, 3.63) is 141 Å². The molecule has 9 nitrogen and oxygen atoms in total. The number of benzene rings is 3. The second-order valence-corrected chi connectivity index (χ2v) is 13.7. The van der Waals surface area contributed by atoms with Gasteiger partial charge in [-0.25, -0.2) is 15.0 Å². The second-order valence-electron chi connectivity index (χ2n) is 12.4. The van der Waals surface area contributed by atoms with E-state index in [1.807, 2.05) is 72.8 Å². The van der Waals surface area contributed by atoms with Gasteiger partial charge in [0.15, 0.2) is 17.5 Å². The molecule has 3 saturated heterocycles. The molecule has 3 aliphatic heterocycles. The zero-order chi connectivity index (χ0) is 35.0. The molecule has 1 aromatic heterocycles. The molecular weight excluding hydrogens is 707 g/mol. The largest absolute Gasteiger partial charge is 0.378 e. The first-order valence-corrected chi connectivity index (χ1v) is 18.3. The van der Waals surface area contributed by atoms with Crippen LogP contribution in [0.1, 0.15) is 34.2 Å². The molecule has 0 bridgehead atoms. The fraction of sp³-hybridized carbons (Fsp3) is 0.308. The first kappa shape index (κ1) is 35.4. The van der Waals surface area contributed by atoms with Gasteiger partial charge in [0.05, 0.1) is 39.6 Å². The number of halogens is 3. The highest BCUT2D eigenvalue weighted by atomic mass is 35.5. The van der Waals surface area contributed by atoms with Gasteiger partial charge in [-0.05, 0) is 53.1 Å². The molecule has 7 rings (SSSR count). The van der Waals surface area contributed by atoms with Gasteiger partial charge in [-0.3, -0.25) is 0 Å². The zero-order valence-corrected chi connectivity index (χ0v) is 30.5. The topological polar surface area (TPSA) is 76.1 Å². The van der Waals surface area contributed by atoms with Crippen LogP contribution in [0.25, 0.3) is 16.7 Å². The fourth-order valence-electron chi connectivity index (χ4n) is 6.08. The number of aromatic nitrogens is 3. The Bertz CT molecular complexity index is 1640. The molecule has 0 N–H and O–H groups in total. The number of morpholine rings is 3. The lowest BCUT2D eigenvalue weighted by atomic mass is 10.0. The van der Waals surface area contributed by atoms with Gasteiger partial charge in [0.2, 0.25) is 0 Å². The third kappa shape index (κ3) is 9.29. The van der Waals surface area contributed by atoms with E-state index in [-0.39, 0.29) is 0 Å². The average molecular weight is 746 g/mol. The summed E-state index contributed by atoms with van der Waals surface area (Å²) in [4.78, 5) is 22.6. The molecule has 3 aliphatic rings. The molecule has 0 unspecified atom stereocenters. The summed E-state index contributed by atoms with van der Waals surface area (Å²) in [6, 6.07) is 23.4. The summed E-state index contributed by atoms with van der Waals surface area (Å²) in [6.07, 6.45) is 6.40. The molecule has 3 aromatic carbocycles. The predicted molar refractivity (Wildman–Crippen MR) is 203 cm³/mol. The van der Waals surface area contributed by atoms with E-state index >= 15 is 0 Å². The molecule has 0 spiro atoms. The highest BCUT2D eigenvalue weighted by Crippen LogP contribution is 2.31. The van der Waals surface area contributed by atoms with Gasteiger partial charge >= 0.3 is 0 Å². The van der Waals surface area contributed by atoms with Crippen molar-refractivity contribution in [3.8, 4) is 0 Å². The van der Waals surface area contributed by atoms with Crippen molar-refractivity contribution >= 4 is 51.5 Å². The Morgan fingerprint density at radius 1 is 0.412 bits per heavy atom. The van der Waals surface area contributed by atoms with Crippen LogP contribution in [-0.4, -0.2) is 109 Å². The van der Waals surface area contributed by atoms with E-state index in [0.717, 1.165) is 72.7 Å². The van der Waals surface area contributed by atoms with Gasteiger partial charge in [-0.15, -0.1) is 0 Å². The fourth-order valence-corrected chi connectivity index (χ4v) is 6.46. The molecule has 4 aromatic rings. The summed E-state index contributed by atoms with van der Waals surface area (Å²) in [5, 5.41) is 1.95. The van der Waals surface area contributed by atoms with Crippen LogP contribution in [0.3, 0.4) is 0 Å². The standard InChI is InChI=1S/C39H39Cl3N6O3/c40-31-7-1-28(2-8-31)34(25-46-13-19-49-20-14-46)37-43-38(35(26-47-15-21-50-22-16-47)29-3-9-32(41)10-4-29)45-39(44-37)36(27-48-17-23-51-24-18-48)30-5-11-33(42)12-6-30/h1-12,25-27H,13-24H2/b34-25+,35-26+,36-27+. The first-order valence-electron chi connectivity index (χ1n) is 17.1. The molecule has 51 heavy (non-hydrogen) atoms. The lowest BCUT2D eigenvalue weighted by Crippen LogP contribution is -2.33. The zero-order valence-electron chi connectivity index (χ0n) is 28.2. The number of hydrogen-bond acceptors (Lipinski definition) is 9. The van der Waals surface area contributed by atoms with Crippen molar-refractivity contribution in [1.82, 2.24) is 29.7 Å². The Morgan fingerprint density at radius 2 is 0.647 bits per heavy atom. The summed E-state index contributed by atoms with van der Waals surface area (Å²) in [6.45, 7) is 8.37. The molecule has 0 aliphatic carbocycles. The lowest BCUT2D eigenvalue weighted by molar-refractivity contribution is 0.0596. The van der Waals surface area contributed by atoms with E-state index < -0.39 is 0 Å². The minimum Gasteiger partial charge on any atom is -0.378 e. The molecular formula is C39H39Cl3N6O3. The number of rotatable bonds is 9. The van der Waals surface area contributed by atoms with Crippen LogP contribution >= 0.6 is 34.8 Å². The van der Waals surface area contributed by atoms with E-state index in [2.05, 4.69) is 33.3 Å². The summed E-state index contributed by atoms with van der Waals surface area (Å²) < 4.78 is 17.0. The van der Waals surface area contributed by atoms with E-state index in [4.69, 9.17) is 64.0 Å². The normalized spacial score (nSPS) is 17.9. The van der Waals surface area contributed by atoms with Gasteiger partial charge in [0.1, 0.15) is 0 Å². The Hall–Kier alpha value is -3.96. The van der Waals surface area contributed by atoms with Crippen molar-refractivity contribution in [3.63, 3.8) is 0 Å². The number of nitrogens with zero attached hydrogens (tertiary/aromatic N) is 6. The summed E-state index contributed by atoms with van der Waals surface area (Å²) in [7, 11) is 0. The Balaban J connectivity index is 1.47. The molecule has 0 amide bonds. The second kappa shape index (κ2) is 17.0. The van der Waals surface area contributed by atoms with Crippen LogP contribution in [0.2, 0.25) is 15.1 Å². The minimum atomic E-state index is 0.535. The number of hydrogen-bond donors (Lipinski definition) is 0. The predicted octanol–water partition coefficient (Wildman–Crippen LogP) is 7.00. The monoisotopic (exact) mass is 744 g/mol. The van der Waals surface area contributed by atoms with Gasteiger partial charge < -0.3 is 28.9 Å². The Morgan fingerprint density at radius 3 is 0.882 bits per heavy atom. The van der Waals surface area contributed by atoms with Crippen LogP contribution in [-0.2, 0) is 14.2 Å². The van der Waals surface area contributed by atoms with E-state index in [9.17, 15) is 0 Å². The molecule has 0 saturated carbocycles. The summed E-state index contributed by atoms with van der Waals surface area (Å²) in [5.74, 6) is 1.60. The maximum atomic E-state index is 6.38. The molecule has 3 fully saturated rings. The molecule has 264 valence electrons. The Kier molecular flexibility index (Phi) is 11.8. The highest BCUT2D eigenvalue weighted by molar-refractivity contribution is 6.31. The van der Waals surface area contributed by atoms with Crippen LogP contribution in [0.4, 0.5) is 0 Å². The molecule has 0 radical (unpaired) electrons. The minimum absolute atomic E-state index is 0.535. The van der Waals surface area contributed by atoms with E-state index in [1.54, 1.807) is 0 Å². The van der Waals surface area contributed by atoms with Crippen molar-refractivity contribution in [2.75, 3.05) is 78.9 Å². The van der Waals surface area contributed by atoms with Crippen LogP contribution < -0.4 is 0 Å². The van der Waals surface area contributed by atoms with Crippen molar-refractivity contribution < 1.29 is 14.2 Å². The van der Waals surface area contributed by atoms with Gasteiger partial charge in [0.25, 0.3) is 0 Å².